The number of aryl methyl sites for hydroxylation is 2. The Balaban J connectivity index is 1.49. The Morgan fingerprint density at radius 1 is 1.14 bits per heavy atom. The standard InChI is InChI=1S/C21H23N3O3S/c1-15-21(16(2)24(23-15)17-8-4-3-5-9-17)22-19(25)14-27-20(26)12-6-10-18-11-7-13-28-18/h3-5,7-9,11,13H,6,10,12,14H2,1-2H3,(H,22,25). The summed E-state index contributed by atoms with van der Waals surface area (Å²) in [6.07, 6.45) is 1.86. The molecule has 0 fully saturated rings. The minimum absolute atomic E-state index is 0.298. The molecule has 0 radical (unpaired) electrons. The number of ether oxygens (including phenoxy) is 1. The van der Waals surface area contributed by atoms with Gasteiger partial charge in [-0.1, -0.05) is 24.3 Å². The van der Waals surface area contributed by atoms with Crippen LogP contribution in [-0.4, -0.2) is 28.3 Å². The fourth-order valence-corrected chi connectivity index (χ4v) is 3.65. The number of nitrogens with zero attached hydrogens (tertiary/aromatic N) is 2. The van der Waals surface area contributed by atoms with Crippen LogP contribution in [0.5, 0.6) is 0 Å². The van der Waals surface area contributed by atoms with Gasteiger partial charge in [0.15, 0.2) is 6.61 Å². The van der Waals surface area contributed by atoms with Gasteiger partial charge >= 0.3 is 5.97 Å². The van der Waals surface area contributed by atoms with Gasteiger partial charge in [0.25, 0.3) is 5.91 Å². The highest BCUT2D eigenvalue weighted by atomic mass is 32.1. The predicted molar refractivity (Wildman–Crippen MR) is 110 cm³/mol. The third-order valence-electron chi connectivity index (χ3n) is 4.30. The smallest absolute Gasteiger partial charge is 0.306 e. The molecule has 0 spiro atoms. The van der Waals surface area contributed by atoms with E-state index >= 15 is 0 Å². The van der Waals surface area contributed by atoms with Crippen molar-refractivity contribution in [2.45, 2.75) is 33.1 Å². The van der Waals surface area contributed by atoms with Crippen LogP contribution >= 0.6 is 11.3 Å². The molecule has 0 unspecified atom stereocenters. The minimum atomic E-state index is -0.370. The monoisotopic (exact) mass is 397 g/mol. The van der Waals surface area contributed by atoms with Crippen LogP contribution in [0.1, 0.15) is 29.1 Å². The van der Waals surface area contributed by atoms with Gasteiger partial charge in [0.2, 0.25) is 0 Å². The van der Waals surface area contributed by atoms with E-state index in [4.69, 9.17) is 4.74 Å². The summed E-state index contributed by atoms with van der Waals surface area (Å²) in [7, 11) is 0. The second kappa shape index (κ2) is 9.32. The highest BCUT2D eigenvalue weighted by Crippen LogP contribution is 2.22. The van der Waals surface area contributed by atoms with E-state index in [0.29, 0.717) is 24.2 Å². The molecule has 0 atom stereocenters. The summed E-state index contributed by atoms with van der Waals surface area (Å²) in [5, 5.41) is 9.31. The molecule has 2 aromatic heterocycles. The lowest BCUT2D eigenvalue weighted by atomic mass is 10.2. The van der Waals surface area contributed by atoms with Gasteiger partial charge in [-0.25, -0.2) is 4.68 Å². The van der Waals surface area contributed by atoms with Crippen LogP contribution in [0, 0.1) is 13.8 Å². The number of thiophene rings is 1. The number of para-hydroxylation sites is 1. The first-order valence-corrected chi connectivity index (χ1v) is 10.0. The van der Waals surface area contributed by atoms with E-state index in [0.717, 1.165) is 17.8 Å². The number of aromatic nitrogens is 2. The first kappa shape index (κ1) is 19.8. The lowest BCUT2D eigenvalue weighted by Crippen LogP contribution is -2.21. The average Bonchev–Trinajstić information content (AvgIpc) is 3.31. The van der Waals surface area contributed by atoms with Crippen molar-refractivity contribution in [2.75, 3.05) is 11.9 Å². The van der Waals surface area contributed by atoms with Crippen molar-refractivity contribution < 1.29 is 14.3 Å². The Bertz CT molecular complexity index is 933. The highest BCUT2D eigenvalue weighted by molar-refractivity contribution is 7.09. The number of nitrogens with one attached hydrogen (secondary N) is 1. The molecule has 28 heavy (non-hydrogen) atoms. The zero-order chi connectivity index (χ0) is 19.9. The van der Waals surface area contributed by atoms with Gasteiger partial charge in [0.05, 0.1) is 22.8 Å². The summed E-state index contributed by atoms with van der Waals surface area (Å²) in [6.45, 7) is 3.42. The quantitative estimate of drug-likeness (QED) is 0.582. The number of esters is 1. The maximum absolute atomic E-state index is 12.2. The molecule has 1 amide bonds. The van der Waals surface area contributed by atoms with E-state index in [1.165, 1.54) is 4.88 Å². The van der Waals surface area contributed by atoms with E-state index in [-0.39, 0.29) is 18.5 Å². The van der Waals surface area contributed by atoms with Crippen LogP contribution in [0.4, 0.5) is 5.69 Å². The van der Waals surface area contributed by atoms with Crippen molar-refractivity contribution in [3.05, 3.63) is 64.1 Å². The number of amides is 1. The Hall–Kier alpha value is -2.93. The molecule has 0 aliphatic carbocycles. The number of rotatable bonds is 8. The van der Waals surface area contributed by atoms with Gasteiger partial charge in [0.1, 0.15) is 0 Å². The zero-order valence-electron chi connectivity index (χ0n) is 16.0. The van der Waals surface area contributed by atoms with Gasteiger partial charge in [-0.15, -0.1) is 11.3 Å². The van der Waals surface area contributed by atoms with Crippen molar-refractivity contribution in [3.8, 4) is 5.69 Å². The molecule has 7 heteroatoms. The lowest BCUT2D eigenvalue weighted by Gasteiger charge is -2.08. The summed E-state index contributed by atoms with van der Waals surface area (Å²) in [4.78, 5) is 25.3. The zero-order valence-corrected chi connectivity index (χ0v) is 16.8. The fraction of sp³-hybridized carbons (Fsp3) is 0.286. The maximum atomic E-state index is 12.2. The van der Waals surface area contributed by atoms with Gasteiger partial charge in [-0.2, -0.15) is 5.10 Å². The fourth-order valence-electron chi connectivity index (χ4n) is 2.90. The molecule has 3 rings (SSSR count). The summed E-state index contributed by atoms with van der Waals surface area (Å²) in [6, 6.07) is 13.7. The Morgan fingerprint density at radius 2 is 1.93 bits per heavy atom. The molecule has 1 N–H and O–H groups in total. The van der Waals surface area contributed by atoms with Gasteiger partial charge in [0, 0.05) is 11.3 Å². The van der Waals surface area contributed by atoms with Crippen molar-refractivity contribution in [1.29, 1.82) is 0 Å². The molecular formula is C21H23N3O3S. The van der Waals surface area contributed by atoms with E-state index in [2.05, 4.69) is 10.4 Å². The molecule has 146 valence electrons. The summed E-state index contributed by atoms with van der Waals surface area (Å²) in [5.41, 5.74) is 3.08. The molecule has 0 bridgehead atoms. The normalized spacial score (nSPS) is 10.6. The van der Waals surface area contributed by atoms with E-state index in [9.17, 15) is 9.59 Å². The molecular weight excluding hydrogens is 374 g/mol. The number of anilines is 1. The minimum Gasteiger partial charge on any atom is -0.456 e. The lowest BCUT2D eigenvalue weighted by molar-refractivity contribution is -0.147. The van der Waals surface area contributed by atoms with Crippen molar-refractivity contribution in [3.63, 3.8) is 0 Å². The van der Waals surface area contributed by atoms with Gasteiger partial charge < -0.3 is 10.1 Å². The average molecular weight is 398 g/mol. The van der Waals surface area contributed by atoms with Gasteiger partial charge in [-0.3, -0.25) is 9.59 Å². The van der Waals surface area contributed by atoms with E-state index in [1.807, 2.05) is 61.7 Å². The topological polar surface area (TPSA) is 73.2 Å². The third-order valence-corrected chi connectivity index (χ3v) is 5.24. The van der Waals surface area contributed by atoms with Crippen molar-refractivity contribution >= 4 is 28.9 Å². The molecule has 6 nitrogen and oxygen atoms in total. The third kappa shape index (κ3) is 5.07. The first-order valence-electron chi connectivity index (χ1n) is 9.14. The molecule has 1 aromatic carbocycles. The van der Waals surface area contributed by atoms with E-state index < -0.39 is 0 Å². The van der Waals surface area contributed by atoms with Crippen LogP contribution in [0.25, 0.3) is 5.69 Å². The summed E-state index contributed by atoms with van der Waals surface area (Å²) >= 11 is 1.67. The van der Waals surface area contributed by atoms with Crippen LogP contribution in [0.15, 0.2) is 47.8 Å². The molecule has 0 aliphatic rings. The number of benzene rings is 1. The summed E-state index contributed by atoms with van der Waals surface area (Å²) < 4.78 is 6.87. The number of hydrogen-bond acceptors (Lipinski definition) is 5. The molecule has 2 heterocycles. The van der Waals surface area contributed by atoms with Crippen molar-refractivity contribution in [2.24, 2.45) is 0 Å². The summed E-state index contributed by atoms with van der Waals surface area (Å²) in [5.74, 6) is -0.731. The Kier molecular flexibility index (Phi) is 6.60. The van der Waals surface area contributed by atoms with Crippen LogP contribution in [0.2, 0.25) is 0 Å². The van der Waals surface area contributed by atoms with Crippen molar-refractivity contribution in [1.82, 2.24) is 9.78 Å². The SMILES string of the molecule is Cc1nn(-c2ccccc2)c(C)c1NC(=O)COC(=O)CCCc1cccs1. The highest BCUT2D eigenvalue weighted by Gasteiger charge is 2.16. The molecule has 3 aromatic rings. The largest absolute Gasteiger partial charge is 0.456 e. The molecule has 0 saturated carbocycles. The molecule has 0 saturated heterocycles. The number of hydrogen-bond donors (Lipinski definition) is 1. The second-order valence-corrected chi connectivity index (χ2v) is 7.47. The first-order chi connectivity index (χ1) is 13.5. The van der Waals surface area contributed by atoms with Crippen LogP contribution < -0.4 is 5.32 Å². The van der Waals surface area contributed by atoms with Crippen LogP contribution in [-0.2, 0) is 20.7 Å². The van der Waals surface area contributed by atoms with Gasteiger partial charge in [-0.05, 0) is 50.3 Å². The Morgan fingerprint density at radius 3 is 2.64 bits per heavy atom. The Labute approximate surface area is 168 Å². The maximum Gasteiger partial charge on any atom is 0.306 e. The number of carbonyl (C=O) groups is 2. The predicted octanol–water partition coefficient (Wildman–Crippen LogP) is 4.06. The second-order valence-electron chi connectivity index (χ2n) is 6.43. The van der Waals surface area contributed by atoms with Crippen LogP contribution in [0.3, 0.4) is 0 Å². The molecule has 0 aliphatic heterocycles. The number of carbonyl (C=O) groups excluding carboxylic acids is 2. The van der Waals surface area contributed by atoms with E-state index in [1.54, 1.807) is 16.0 Å².